The van der Waals surface area contributed by atoms with E-state index in [9.17, 15) is 31.1 Å². The fourth-order valence-corrected chi connectivity index (χ4v) is 4.30. The lowest BCUT2D eigenvalue weighted by Crippen LogP contribution is -2.18. The van der Waals surface area contributed by atoms with E-state index in [1.165, 1.54) is 6.92 Å². The minimum absolute atomic E-state index is 0.0256. The molecule has 1 fully saturated rings. The van der Waals surface area contributed by atoms with Gasteiger partial charge in [-0.15, -0.1) is 0 Å². The number of carbonyl (C=O) groups is 1. The fourth-order valence-electron chi connectivity index (χ4n) is 4.30. The lowest BCUT2D eigenvalue weighted by Gasteiger charge is -2.28. The first kappa shape index (κ1) is 27.5. The average molecular weight is 509 g/mol. The summed E-state index contributed by atoms with van der Waals surface area (Å²) in [7, 11) is 0. The second-order valence-corrected chi connectivity index (χ2v) is 9.12. The first-order valence-corrected chi connectivity index (χ1v) is 11.4. The molecule has 0 N–H and O–H groups in total. The Kier molecular flexibility index (Phi) is 8.61. The number of hydrogen-bond donors (Lipinski definition) is 0. The minimum atomic E-state index is -2.11. The highest BCUT2D eigenvalue weighted by molar-refractivity contribution is 5.90. The Morgan fingerprint density at radius 2 is 1.33 bits per heavy atom. The molecule has 2 atom stereocenters. The molecule has 3 aromatic carbocycles. The number of ether oxygens (including phenoxy) is 1. The van der Waals surface area contributed by atoms with Crippen LogP contribution < -0.4 is 0 Å². The fraction of sp³-hybridized carbons (Fsp3) is 0.321. The molecule has 0 saturated carbocycles. The van der Waals surface area contributed by atoms with Crippen LogP contribution in [0.5, 0.6) is 0 Å². The molecule has 1 heterocycles. The highest BCUT2D eigenvalue weighted by Crippen LogP contribution is 2.36. The van der Waals surface area contributed by atoms with Crippen LogP contribution in [0.2, 0.25) is 0 Å². The normalized spacial score (nSPS) is 17.4. The third-order valence-electron chi connectivity index (χ3n) is 6.20. The van der Waals surface area contributed by atoms with Crippen LogP contribution >= 0.6 is 0 Å². The van der Waals surface area contributed by atoms with E-state index in [1.807, 2.05) is 26.0 Å². The van der Waals surface area contributed by atoms with Crippen LogP contribution in [0.3, 0.4) is 0 Å². The number of hydrogen-bond acceptors (Lipinski definition) is 2. The van der Waals surface area contributed by atoms with E-state index in [-0.39, 0.29) is 17.2 Å². The third-order valence-corrected chi connectivity index (χ3v) is 6.20. The average Bonchev–Trinajstić information content (AvgIpc) is 2.77. The van der Waals surface area contributed by atoms with Crippen molar-refractivity contribution in [3.05, 3.63) is 93.3 Å². The number of benzene rings is 3. The predicted octanol–water partition coefficient (Wildman–Crippen LogP) is 8.26. The van der Waals surface area contributed by atoms with Gasteiger partial charge >= 0.3 is 6.04 Å². The van der Waals surface area contributed by atoms with Gasteiger partial charge in [0.15, 0.2) is 0 Å². The van der Waals surface area contributed by atoms with Crippen molar-refractivity contribution in [1.82, 2.24) is 0 Å². The molecule has 0 aromatic heterocycles. The van der Waals surface area contributed by atoms with Gasteiger partial charge in [-0.1, -0.05) is 19.1 Å². The Bertz CT molecular complexity index is 1210. The van der Waals surface area contributed by atoms with Gasteiger partial charge in [0.05, 0.1) is 6.10 Å². The Morgan fingerprint density at radius 3 is 1.78 bits per heavy atom. The number of halogens is 6. The molecule has 3 aromatic rings. The van der Waals surface area contributed by atoms with E-state index in [0.29, 0.717) is 23.6 Å². The second kappa shape index (κ2) is 11.3. The summed E-state index contributed by atoms with van der Waals surface area (Å²) in [4.78, 5) is 10.8. The molecule has 0 spiro atoms. The van der Waals surface area contributed by atoms with E-state index < -0.39 is 40.7 Å². The molecule has 8 heteroatoms. The van der Waals surface area contributed by atoms with Gasteiger partial charge in [-0.2, -0.15) is 4.39 Å². The van der Waals surface area contributed by atoms with Gasteiger partial charge in [0.25, 0.3) is 0 Å². The monoisotopic (exact) mass is 508 g/mol. The number of carbonyl (C=O) groups excluding carboxylic acids is 1. The summed E-state index contributed by atoms with van der Waals surface area (Å²) < 4.78 is 83.6. The Hall–Kier alpha value is -3.13. The molecule has 1 saturated heterocycles. The molecule has 1 aliphatic heterocycles. The molecule has 0 radical (unpaired) electrons. The third kappa shape index (κ3) is 6.16. The molecule has 0 aliphatic carbocycles. The van der Waals surface area contributed by atoms with Crippen molar-refractivity contribution < 1.29 is 35.9 Å². The smallest absolute Gasteiger partial charge is 0.338 e. The quantitative estimate of drug-likeness (QED) is 0.263. The van der Waals surface area contributed by atoms with E-state index >= 15 is 0 Å². The molecule has 4 rings (SSSR count). The lowest BCUT2D eigenvalue weighted by molar-refractivity contribution is -0.0124. The Morgan fingerprint density at radius 1 is 0.806 bits per heavy atom. The van der Waals surface area contributed by atoms with E-state index in [2.05, 4.69) is 6.92 Å². The molecule has 0 bridgehead atoms. The largest absolute Gasteiger partial charge is 0.373 e. The summed E-state index contributed by atoms with van der Waals surface area (Å²) in [5, 5.41) is 0. The van der Waals surface area contributed by atoms with Gasteiger partial charge in [-0.3, -0.25) is 4.79 Å². The van der Waals surface area contributed by atoms with Gasteiger partial charge in [0, 0.05) is 24.3 Å². The van der Waals surface area contributed by atoms with Crippen LogP contribution in [0.15, 0.2) is 36.4 Å². The molecule has 0 amide bonds. The van der Waals surface area contributed by atoms with Crippen molar-refractivity contribution in [2.45, 2.75) is 46.6 Å². The zero-order chi connectivity index (χ0) is 26.7. The standard InChI is InChI=1S/C21H21F3O2.C7H5F3/c1-11-4-5-18(26-10-11)14-6-12(2)19(13(3)7-14)15-8-16(22)20(21(24)25)17(23)9-15;1-4-6(9)2-5(8)3-7(4)10/h6-9,11,18H,4-5,10H2,1-3H3;2-3H,1H3. The first-order valence-electron chi connectivity index (χ1n) is 11.4. The van der Waals surface area contributed by atoms with Crippen molar-refractivity contribution in [1.29, 1.82) is 0 Å². The minimum Gasteiger partial charge on any atom is -0.373 e. The summed E-state index contributed by atoms with van der Waals surface area (Å²) >= 11 is 0. The molecule has 1 aliphatic rings. The molecular formula is C28H26F6O2. The maximum absolute atomic E-state index is 14.0. The van der Waals surface area contributed by atoms with Crippen LogP contribution in [-0.2, 0) is 4.74 Å². The lowest BCUT2D eigenvalue weighted by atomic mass is 9.89. The van der Waals surface area contributed by atoms with Gasteiger partial charge in [0.2, 0.25) is 0 Å². The Labute approximate surface area is 205 Å². The van der Waals surface area contributed by atoms with Crippen molar-refractivity contribution in [2.75, 3.05) is 6.61 Å². The second-order valence-electron chi connectivity index (χ2n) is 9.12. The molecule has 2 nitrogen and oxygen atoms in total. The summed E-state index contributed by atoms with van der Waals surface area (Å²) in [6, 6.07) is 5.13. The zero-order valence-electron chi connectivity index (χ0n) is 20.3. The van der Waals surface area contributed by atoms with Crippen LogP contribution in [0.4, 0.5) is 26.3 Å². The highest BCUT2D eigenvalue weighted by Gasteiger charge is 2.23. The van der Waals surface area contributed by atoms with E-state index in [4.69, 9.17) is 4.74 Å². The van der Waals surface area contributed by atoms with Crippen molar-refractivity contribution >= 4 is 6.04 Å². The summed E-state index contributed by atoms with van der Waals surface area (Å²) in [5.74, 6) is -4.43. The SMILES string of the molecule is Cc1c(F)cc(F)cc1F.Cc1cc(C2CCC(C)CO2)cc(C)c1-c1cc(F)c(C(=O)F)c(F)c1. The summed E-state index contributed by atoms with van der Waals surface area (Å²) in [6.45, 7) is 7.86. The molecule has 36 heavy (non-hydrogen) atoms. The first-order chi connectivity index (χ1) is 16.9. The zero-order valence-corrected chi connectivity index (χ0v) is 20.3. The van der Waals surface area contributed by atoms with Crippen LogP contribution in [-0.4, -0.2) is 12.6 Å². The number of rotatable bonds is 3. The van der Waals surface area contributed by atoms with E-state index in [0.717, 1.165) is 48.3 Å². The van der Waals surface area contributed by atoms with Gasteiger partial charge in [-0.05, 0) is 79.5 Å². The maximum atomic E-state index is 14.0. The summed E-state index contributed by atoms with van der Waals surface area (Å²) in [6.07, 6.45) is 2.06. The van der Waals surface area contributed by atoms with Gasteiger partial charge < -0.3 is 4.74 Å². The van der Waals surface area contributed by atoms with Gasteiger partial charge in [0.1, 0.15) is 34.6 Å². The molecule has 192 valence electrons. The maximum Gasteiger partial charge on any atom is 0.338 e. The topological polar surface area (TPSA) is 26.3 Å². The highest BCUT2D eigenvalue weighted by atomic mass is 19.2. The van der Waals surface area contributed by atoms with E-state index in [1.54, 1.807) is 0 Å². The summed E-state index contributed by atoms with van der Waals surface area (Å²) in [5.41, 5.74) is 2.40. The molecule has 2 unspecified atom stereocenters. The van der Waals surface area contributed by atoms with Crippen molar-refractivity contribution in [2.24, 2.45) is 5.92 Å². The van der Waals surface area contributed by atoms with Crippen molar-refractivity contribution in [3.8, 4) is 11.1 Å². The van der Waals surface area contributed by atoms with Crippen molar-refractivity contribution in [3.63, 3.8) is 0 Å². The predicted molar refractivity (Wildman–Crippen MR) is 125 cm³/mol. The number of aryl methyl sites for hydroxylation is 2. The van der Waals surface area contributed by atoms with Gasteiger partial charge in [-0.25, -0.2) is 22.0 Å². The molecular weight excluding hydrogens is 482 g/mol. The van der Waals surface area contributed by atoms with Crippen LogP contribution in [0.25, 0.3) is 11.1 Å². The van der Waals surface area contributed by atoms with Crippen LogP contribution in [0, 0.1) is 55.8 Å². The van der Waals surface area contributed by atoms with Crippen LogP contribution in [0.1, 0.15) is 58.5 Å². The Balaban J connectivity index is 0.000000303.